The number of anilines is 2. The number of nitrogens with one attached hydrogen (secondary N) is 2. The zero-order chi connectivity index (χ0) is 29.5. The molecule has 0 aliphatic carbocycles. The molecule has 2 rings (SSSR count). The molecule has 2 aromatic rings. The minimum atomic E-state index is -1.15. The predicted octanol–water partition coefficient (Wildman–Crippen LogP) is 7.18. The van der Waals surface area contributed by atoms with Gasteiger partial charge in [-0.05, 0) is 48.5 Å². The maximum atomic E-state index is 11.1. The van der Waals surface area contributed by atoms with Crippen LogP contribution in [0, 0.1) is 0 Å². The molecule has 0 spiro atoms. The van der Waals surface area contributed by atoms with Crippen LogP contribution in [-0.4, -0.2) is 55.1 Å². The van der Waals surface area contributed by atoms with Gasteiger partial charge in [0.1, 0.15) is 0 Å². The van der Waals surface area contributed by atoms with Gasteiger partial charge in [-0.15, -0.1) is 0 Å². The van der Waals surface area contributed by atoms with Crippen molar-refractivity contribution in [2.24, 2.45) is 0 Å². The number of carboxylic acid groups (broad SMARTS) is 2. The summed E-state index contributed by atoms with van der Waals surface area (Å²) in [6.45, 7) is 4.58. The monoisotopic (exact) mass is 772 g/mol. The Hall–Kier alpha value is -2.44. The first-order chi connectivity index (χ1) is 18.6. The van der Waals surface area contributed by atoms with Crippen molar-refractivity contribution in [3.8, 4) is 0 Å². The van der Waals surface area contributed by atoms with Crippen molar-refractivity contribution in [2.45, 2.75) is 48.4 Å². The van der Waals surface area contributed by atoms with E-state index in [9.17, 15) is 19.2 Å². The Labute approximate surface area is 256 Å². The molecule has 8 nitrogen and oxygen atoms in total. The van der Waals surface area contributed by atoms with Crippen molar-refractivity contribution < 1.29 is 29.4 Å². The van der Waals surface area contributed by atoms with E-state index in [0.717, 1.165) is 33.2 Å². The van der Waals surface area contributed by atoms with Gasteiger partial charge in [-0.25, -0.2) is 9.59 Å². The van der Waals surface area contributed by atoms with Gasteiger partial charge in [-0.2, -0.15) is 0 Å². The van der Waals surface area contributed by atoms with Gasteiger partial charge in [-0.3, -0.25) is 9.59 Å². The second kappa shape index (κ2) is 23.4. The minimum Gasteiger partial charge on any atom is -0.478 e. The fraction of sp³-hybridized carbons (Fsp3) is 0.286. The molecule has 39 heavy (non-hydrogen) atoms. The number of benzene rings is 2. The number of hydrogen-bond donors (Lipinski definition) is 4. The van der Waals surface area contributed by atoms with Crippen molar-refractivity contribution in [2.75, 3.05) is 10.6 Å². The molecule has 2 amide bonds. The number of carbonyl (C=O) groups excluding carboxylic acids is 2. The number of hydrogen-bond acceptors (Lipinski definition) is 4. The number of carbonyl (C=O) groups is 4. The Kier molecular flexibility index (Phi) is 22.0. The van der Waals surface area contributed by atoms with Crippen LogP contribution in [0.2, 0.25) is 8.87 Å². The van der Waals surface area contributed by atoms with E-state index in [1.165, 1.54) is 25.7 Å². The van der Waals surface area contributed by atoms with Crippen LogP contribution in [-0.2, 0) is 19.2 Å². The van der Waals surface area contributed by atoms with Crippen molar-refractivity contribution in [3.63, 3.8) is 0 Å². The third-order valence-corrected chi connectivity index (χ3v) is 9.49. The molecule has 0 unspecified atom stereocenters. The molecule has 2 radical (unpaired) electrons. The maximum Gasteiger partial charge on any atom is 0.328 e. The largest absolute Gasteiger partial charge is 0.478 e. The number of amides is 2. The molecule has 0 fully saturated rings. The Morgan fingerprint density at radius 2 is 1.00 bits per heavy atom. The standard InChI is InChI=1S/2C10H8BrNO3.2C4H9.Sn/c2*11-7-1-3-8(4-2-7)12-9(13)5-6-10(14)15;2*1-3-4-2;/h2*1-6H,(H,12,13)(H,14,15);2*1,3-4H2,2H3;/b2*6-5+;;;. The summed E-state index contributed by atoms with van der Waals surface area (Å²) in [5.74, 6) is -3.25. The summed E-state index contributed by atoms with van der Waals surface area (Å²) in [5.41, 5.74) is 1.22. The van der Waals surface area contributed by atoms with Crippen LogP contribution in [0.4, 0.5) is 11.4 Å². The smallest absolute Gasteiger partial charge is 0.328 e. The number of halogens is 2. The van der Waals surface area contributed by atoms with Crippen molar-refractivity contribution in [1.82, 2.24) is 0 Å². The van der Waals surface area contributed by atoms with Gasteiger partial charge in [0.25, 0.3) is 0 Å². The fourth-order valence-electron chi connectivity index (χ4n) is 2.46. The molecule has 0 bridgehead atoms. The van der Waals surface area contributed by atoms with E-state index < -0.39 is 23.8 Å². The zero-order valence-corrected chi connectivity index (χ0v) is 28.0. The molecule has 0 aromatic heterocycles. The van der Waals surface area contributed by atoms with Gasteiger partial charge in [-0.1, -0.05) is 31.9 Å². The second-order valence-electron chi connectivity index (χ2n) is 7.79. The molecule has 0 aliphatic rings. The SMILES string of the molecule is CCC[CH2][Sn][CH2]CCC.O=C(O)/C=C/C(=O)Nc1ccc(Br)cc1.O=C(O)/C=C/C(=O)Nc1ccc(Br)cc1. The van der Waals surface area contributed by atoms with E-state index in [1.54, 1.807) is 57.4 Å². The summed E-state index contributed by atoms with van der Waals surface area (Å²) in [4.78, 5) is 42.5. The van der Waals surface area contributed by atoms with Crippen LogP contribution >= 0.6 is 31.9 Å². The Morgan fingerprint density at radius 1 is 0.667 bits per heavy atom. The number of unbranched alkanes of at least 4 members (excludes halogenated alkanes) is 2. The first kappa shape index (κ1) is 36.6. The Bertz CT molecular complexity index is 989. The molecule has 2 aromatic carbocycles. The third kappa shape index (κ3) is 23.2. The van der Waals surface area contributed by atoms with Gasteiger partial charge < -0.3 is 20.8 Å². The zero-order valence-electron chi connectivity index (χ0n) is 22.0. The van der Waals surface area contributed by atoms with E-state index >= 15 is 0 Å². The molecular weight excluding hydrogens is 739 g/mol. The van der Waals surface area contributed by atoms with Gasteiger partial charge in [0.2, 0.25) is 11.8 Å². The molecular formula is C28H34Br2N2O6Sn. The third-order valence-electron chi connectivity index (χ3n) is 4.39. The number of rotatable bonds is 12. The summed E-state index contributed by atoms with van der Waals surface area (Å²) in [6.07, 6.45) is 9.34. The molecule has 0 saturated heterocycles. The van der Waals surface area contributed by atoms with Gasteiger partial charge in [0, 0.05) is 44.6 Å². The summed E-state index contributed by atoms with van der Waals surface area (Å²) < 4.78 is 5.06. The quantitative estimate of drug-likeness (QED) is 0.103. The molecule has 11 heteroatoms. The van der Waals surface area contributed by atoms with Crippen molar-refractivity contribution in [3.05, 3.63) is 81.8 Å². The molecule has 0 saturated carbocycles. The van der Waals surface area contributed by atoms with Crippen LogP contribution in [0.1, 0.15) is 39.5 Å². The molecule has 0 atom stereocenters. The predicted molar refractivity (Wildman–Crippen MR) is 164 cm³/mol. The van der Waals surface area contributed by atoms with E-state index in [0.29, 0.717) is 11.4 Å². The summed E-state index contributed by atoms with van der Waals surface area (Å²) in [5, 5.41) is 21.6. The Morgan fingerprint density at radius 3 is 1.28 bits per heavy atom. The minimum absolute atomic E-state index is 0.149. The fourth-order valence-corrected chi connectivity index (χ4v) is 7.14. The summed E-state index contributed by atoms with van der Waals surface area (Å²) >= 11 is 6.66. The first-order valence-electron chi connectivity index (χ1n) is 12.2. The average Bonchev–Trinajstić information content (AvgIpc) is 2.90. The van der Waals surface area contributed by atoms with Crippen molar-refractivity contribution >= 4 is 88.1 Å². The average molecular weight is 773 g/mol. The van der Waals surface area contributed by atoms with Crippen molar-refractivity contribution in [1.29, 1.82) is 0 Å². The van der Waals surface area contributed by atoms with E-state index in [1.807, 2.05) is 0 Å². The molecule has 0 heterocycles. The normalized spacial score (nSPS) is 10.2. The number of aliphatic carboxylic acids is 2. The molecule has 4 N–H and O–H groups in total. The second-order valence-corrected chi connectivity index (χ2v) is 13.9. The van der Waals surface area contributed by atoms with Crippen LogP contribution in [0.15, 0.2) is 81.8 Å². The van der Waals surface area contributed by atoms with E-state index in [4.69, 9.17) is 10.2 Å². The summed E-state index contributed by atoms with van der Waals surface area (Å²) in [6, 6.07) is 13.9. The summed E-state index contributed by atoms with van der Waals surface area (Å²) in [7, 11) is 0. The maximum absolute atomic E-state index is 11.1. The van der Waals surface area contributed by atoms with Gasteiger partial charge >= 0.3 is 81.5 Å². The Balaban J connectivity index is 0.000000576. The van der Waals surface area contributed by atoms with E-state index in [2.05, 4.69) is 56.3 Å². The van der Waals surface area contributed by atoms with Gasteiger partial charge in [0.05, 0.1) is 0 Å². The van der Waals surface area contributed by atoms with Crippen LogP contribution in [0.25, 0.3) is 0 Å². The topological polar surface area (TPSA) is 133 Å². The van der Waals surface area contributed by atoms with E-state index in [-0.39, 0.29) is 21.1 Å². The van der Waals surface area contributed by atoms with Gasteiger partial charge in [0.15, 0.2) is 0 Å². The molecule has 0 aliphatic heterocycles. The van der Waals surface area contributed by atoms with Crippen LogP contribution in [0.5, 0.6) is 0 Å². The first-order valence-corrected chi connectivity index (χ1v) is 17.8. The van der Waals surface area contributed by atoms with Crippen LogP contribution in [0.3, 0.4) is 0 Å². The molecule has 210 valence electrons. The van der Waals surface area contributed by atoms with Crippen LogP contribution < -0.4 is 10.6 Å². The number of carboxylic acids is 2.